The quantitative estimate of drug-likeness (QED) is 0.917. The highest BCUT2D eigenvalue weighted by Crippen LogP contribution is 2.14. The van der Waals surface area contributed by atoms with E-state index in [0.717, 1.165) is 11.1 Å². The minimum atomic E-state index is -3.17. The van der Waals surface area contributed by atoms with E-state index in [9.17, 15) is 12.8 Å². The lowest BCUT2D eigenvalue weighted by Crippen LogP contribution is -2.13. The predicted octanol–water partition coefficient (Wildman–Crippen LogP) is 3.17. The Labute approximate surface area is 128 Å². The monoisotopic (exact) mass is 327 g/mol. The Bertz CT molecular complexity index is 710. The Hall–Kier alpha value is -1.43. The van der Waals surface area contributed by atoms with Crippen LogP contribution in [0.2, 0.25) is 5.02 Å². The van der Waals surface area contributed by atoms with Crippen molar-refractivity contribution in [3.8, 4) is 0 Å². The molecule has 3 nitrogen and oxygen atoms in total. The smallest absolute Gasteiger partial charge is 0.175 e. The Kier molecular flexibility index (Phi) is 4.98. The number of rotatable bonds is 5. The van der Waals surface area contributed by atoms with Crippen molar-refractivity contribution in [2.45, 2.75) is 18.0 Å². The van der Waals surface area contributed by atoms with Gasteiger partial charge >= 0.3 is 0 Å². The first kappa shape index (κ1) is 15.9. The zero-order valence-electron chi connectivity index (χ0n) is 11.4. The maximum Gasteiger partial charge on any atom is 0.175 e. The van der Waals surface area contributed by atoms with Crippen LogP contribution >= 0.6 is 11.6 Å². The van der Waals surface area contributed by atoms with Gasteiger partial charge in [-0.25, -0.2) is 12.8 Å². The van der Waals surface area contributed by atoms with Gasteiger partial charge in [0.05, 0.1) is 4.90 Å². The molecule has 0 atom stereocenters. The first-order valence-corrected chi connectivity index (χ1v) is 8.56. The summed E-state index contributed by atoms with van der Waals surface area (Å²) in [6, 6.07) is 11.0. The SMILES string of the molecule is CS(=O)(=O)c1ccc(CNCc2cc(F)cc(Cl)c2)cc1. The fourth-order valence-corrected chi connectivity index (χ4v) is 2.79. The van der Waals surface area contributed by atoms with Crippen molar-refractivity contribution in [1.29, 1.82) is 0 Å². The van der Waals surface area contributed by atoms with Crippen LogP contribution in [0.5, 0.6) is 0 Å². The largest absolute Gasteiger partial charge is 0.309 e. The topological polar surface area (TPSA) is 46.2 Å². The zero-order chi connectivity index (χ0) is 15.5. The van der Waals surface area contributed by atoms with Crippen molar-refractivity contribution in [3.05, 3.63) is 64.4 Å². The van der Waals surface area contributed by atoms with Crippen molar-refractivity contribution in [2.75, 3.05) is 6.26 Å². The molecule has 0 aliphatic heterocycles. The molecule has 21 heavy (non-hydrogen) atoms. The number of sulfone groups is 1. The lowest BCUT2D eigenvalue weighted by atomic mass is 10.2. The molecule has 0 radical (unpaired) electrons. The van der Waals surface area contributed by atoms with Gasteiger partial charge in [0, 0.05) is 24.4 Å². The lowest BCUT2D eigenvalue weighted by molar-refractivity contribution is 0.602. The van der Waals surface area contributed by atoms with Gasteiger partial charge in [0.25, 0.3) is 0 Å². The Morgan fingerprint density at radius 3 is 2.24 bits per heavy atom. The van der Waals surface area contributed by atoms with Crippen LogP contribution in [0.4, 0.5) is 4.39 Å². The summed E-state index contributed by atoms with van der Waals surface area (Å²) in [5.41, 5.74) is 1.71. The third-order valence-electron chi connectivity index (χ3n) is 2.93. The maximum absolute atomic E-state index is 13.2. The third kappa shape index (κ3) is 4.81. The minimum absolute atomic E-state index is 0.295. The molecule has 0 saturated heterocycles. The number of hydrogen-bond acceptors (Lipinski definition) is 3. The highest BCUT2D eigenvalue weighted by atomic mass is 35.5. The van der Waals surface area contributed by atoms with E-state index >= 15 is 0 Å². The van der Waals surface area contributed by atoms with Crippen molar-refractivity contribution in [3.63, 3.8) is 0 Å². The van der Waals surface area contributed by atoms with Gasteiger partial charge in [-0.3, -0.25) is 0 Å². The van der Waals surface area contributed by atoms with Gasteiger partial charge in [-0.1, -0.05) is 23.7 Å². The average Bonchev–Trinajstić information content (AvgIpc) is 2.37. The highest BCUT2D eigenvalue weighted by Gasteiger charge is 2.06. The second kappa shape index (κ2) is 6.56. The number of nitrogens with one attached hydrogen (secondary N) is 1. The molecule has 0 fully saturated rings. The van der Waals surface area contributed by atoms with E-state index in [1.165, 1.54) is 18.4 Å². The summed E-state index contributed by atoms with van der Waals surface area (Å²) in [7, 11) is -3.17. The average molecular weight is 328 g/mol. The summed E-state index contributed by atoms with van der Waals surface area (Å²) in [6.45, 7) is 1.03. The number of benzene rings is 2. The highest BCUT2D eigenvalue weighted by molar-refractivity contribution is 7.90. The van der Waals surface area contributed by atoms with Gasteiger partial charge in [0.15, 0.2) is 9.84 Å². The van der Waals surface area contributed by atoms with Crippen LogP contribution < -0.4 is 5.32 Å². The molecule has 2 rings (SSSR count). The molecule has 0 heterocycles. The molecule has 0 aliphatic rings. The van der Waals surface area contributed by atoms with Gasteiger partial charge in [-0.05, 0) is 41.5 Å². The molecule has 112 valence electrons. The molecule has 0 bridgehead atoms. The van der Waals surface area contributed by atoms with Crippen molar-refractivity contribution >= 4 is 21.4 Å². The number of halogens is 2. The lowest BCUT2D eigenvalue weighted by Gasteiger charge is -2.07. The molecule has 2 aromatic carbocycles. The molecule has 0 amide bonds. The zero-order valence-corrected chi connectivity index (χ0v) is 13.0. The van der Waals surface area contributed by atoms with E-state index in [2.05, 4.69) is 5.32 Å². The number of hydrogen-bond donors (Lipinski definition) is 1. The fourth-order valence-electron chi connectivity index (χ4n) is 1.92. The van der Waals surface area contributed by atoms with E-state index in [1.807, 2.05) is 0 Å². The van der Waals surface area contributed by atoms with Crippen LogP contribution in [0, 0.1) is 5.82 Å². The van der Waals surface area contributed by atoms with Crippen LogP contribution in [-0.4, -0.2) is 14.7 Å². The Morgan fingerprint density at radius 2 is 1.67 bits per heavy atom. The molecule has 0 unspecified atom stereocenters. The summed E-state index contributed by atoms with van der Waals surface area (Å²) in [4.78, 5) is 0.295. The third-order valence-corrected chi connectivity index (χ3v) is 4.28. The van der Waals surface area contributed by atoms with Crippen LogP contribution in [0.3, 0.4) is 0 Å². The molecule has 0 spiro atoms. The van der Waals surface area contributed by atoms with Gasteiger partial charge in [0.1, 0.15) is 5.82 Å². The molecule has 0 aliphatic carbocycles. The van der Waals surface area contributed by atoms with Gasteiger partial charge < -0.3 is 5.32 Å². The van der Waals surface area contributed by atoms with E-state index in [-0.39, 0.29) is 5.82 Å². The first-order valence-electron chi connectivity index (χ1n) is 6.29. The minimum Gasteiger partial charge on any atom is -0.309 e. The summed E-state index contributed by atoms with van der Waals surface area (Å²) in [6.07, 6.45) is 1.17. The first-order chi connectivity index (χ1) is 9.84. The Morgan fingerprint density at radius 1 is 1.05 bits per heavy atom. The molecular formula is C15H15ClFNO2S. The normalized spacial score (nSPS) is 11.6. The van der Waals surface area contributed by atoms with Gasteiger partial charge in [-0.15, -0.1) is 0 Å². The predicted molar refractivity (Wildman–Crippen MR) is 81.5 cm³/mol. The molecule has 2 aromatic rings. The van der Waals surface area contributed by atoms with Crippen molar-refractivity contribution < 1.29 is 12.8 Å². The molecule has 6 heteroatoms. The van der Waals surface area contributed by atoms with E-state index < -0.39 is 9.84 Å². The molecular weight excluding hydrogens is 313 g/mol. The summed E-state index contributed by atoms with van der Waals surface area (Å²) >= 11 is 5.78. The van der Waals surface area contributed by atoms with Crippen molar-refractivity contribution in [2.24, 2.45) is 0 Å². The standard InChI is InChI=1S/C15H15ClFNO2S/c1-21(19,20)15-4-2-11(3-5-15)9-18-10-12-6-13(16)8-14(17)7-12/h2-8,18H,9-10H2,1H3. The Balaban J connectivity index is 1.94. The van der Waals surface area contributed by atoms with E-state index in [1.54, 1.807) is 30.3 Å². The van der Waals surface area contributed by atoms with Crippen LogP contribution in [-0.2, 0) is 22.9 Å². The molecule has 1 N–H and O–H groups in total. The summed E-state index contributed by atoms with van der Waals surface area (Å²) in [5.74, 6) is -0.364. The van der Waals surface area contributed by atoms with Gasteiger partial charge in [-0.2, -0.15) is 0 Å². The summed E-state index contributed by atoms with van der Waals surface area (Å²) < 4.78 is 35.9. The van der Waals surface area contributed by atoms with Crippen LogP contribution in [0.1, 0.15) is 11.1 Å². The van der Waals surface area contributed by atoms with E-state index in [4.69, 9.17) is 11.6 Å². The van der Waals surface area contributed by atoms with Crippen LogP contribution in [0.15, 0.2) is 47.4 Å². The second-order valence-electron chi connectivity index (χ2n) is 4.80. The van der Waals surface area contributed by atoms with Crippen molar-refractivity contribution in [1.82, 2.24) is 5.32 Å². The fraction of sp³-hybridized carbons (Fsp3) is 0.200. The van der Waals surface area contributed by atoms with Gasteiger partial charge in [0.2, 0.25) is 0 Å². The maximum atomic E-state index is 13.2. The summed E-state index contributed by atoms with van der Waals surface area (Å²) in [5, 5.41) is 3.52. The van der Waals surface area contributed by atoms with E-state index in [0.29, 0.717) is 23.0 Å². The van der Waals surface area contributed by atoms with Crippen LogP contribution in [0.25, 0.3) is 0 Å². The molecule has 0 saturated carbocycles. The second-order valence-corrected chi connectivity index (χ2v) is 7.25. The molecule has 0 aromatic heterocycles.